The van der Waals surface area contributed by atoms with E-state index in [4.69, 9.17) is 0 Å². The molecule has 0 spiro atoms. The lowest BCUT2D eigenvalue weighted by Crippen LogP contribution is -2.26. The minimum Gasteiger partial charge on any atom is -0.352 e. The van der Waals surface area contributed by atoms with E-state index in [-0.39, 0.29) is 5.91 Å². The highest BCUT2D eigenvalue weighted by atomic mass is 16.1. The SMILES string of the molecule is Cc1ccccc1C(=O)NCCc1nc2ccccc2[nH]1. The lowest BCUT2D eigenvalue weighted by molar-refractivity contribution is 0.0953. The first-order chi connectivity index (χ1) is 10.2. The molecule has 4 heteroatoms. The molecule has 0 saturated heterocycles. The average Bonchev–Trinajstić information content (AvgIpc) is 2.90. The topological polar surface area (TPSA) is 57.8 Å². The number of carbonyl (C=O) groups excluding carboxylic acids is 1. The second-order valence-electron chi connectivity index (χ2n) is 5.02. The van der Waals surface area contributed by atoms with Crippen molar-refractivity contribution in [2.75, 3.05) is 6.54 Å². The summed E-state index contributed by atoms with van der Waals surface area (Å²) in [5.74, 6) is 0.852. The third kappa shape index (κ3) is 2.94. The lowest BCUT2D eigenvalue weighted by atomic mass is 10.1. The minimum atomic E-state index is -0.0378. The molecular formula is C17H17N3O. The molecule has 0 atom stereocenters. The summed E-state index contributed by atoms with van der Waals surface area (Å²) in [5.41, 5.74) is 3.69. The Hall–Kier alpha value is -2.62. The predicted octanol–water partition coefficient (Wildman–Crippen LogP) is 2.84. The van der Waals surface area contributed by atoms with Crippen molar-refractivity contribution in [1.29, 1.82) is 0 Å². The van der Waals surface area contributed by atoms with Gasteiger partial charge in [0.1, 0.15) is 5.82 Å². The number of nitrogens with one attached hydrogen (secondary N) is 2. The van der Waals surface area contributed by atoms with Crippen molar-refractivity contribution in [2.24, 2.45) is 0 Å². The fraction of sp³-hybridized carbons (Fsp3) is 0.176. The van der Waals surface area contributed by atoms with Crippen molar-refractivity contribution in [3.05, 3.63) is 65.5 Å². The molecule has 2 N–H and O–H groups in total. The number of rotatable bonds is 4. The van der Waals surface area contributed by atoms with E-state index in [9.17, 15) is 4.79 Å². The van der Waals surface area contributed by atoms with Gasteiger partial charge < -0.3 is 10.3 Å². The Kier molecular flexibility index (Phi) is 3.69. The molecule has 0 aliphatic heterocycles. The van der Waals surface area contributed by atoms with Crippen LogP contribution in [0, 0.1) is 6.92 Å². The number of hydrogen-bond donors (Lipinski definition) is 2. The first-order valence-corrected chi connectivity index (χ1v) is 7.01. The van der Waals surface area contributed by atoms with E-state index >= 15 is 0 Å². The molecular weight excluding hydrogens is 262 g/mol. The smallest absolute Gasteiger partial charge is 0.251 e. The van der Waals surface area contributed by atoms with Crippen molar-refractivity contribution in [1.82, 2.24) is 15.3 Å². The molecule has 0 unspecified atom stereocenters. The standard InChI is InChI=1S/C17H17N3O/c1-12-6-2-3-7-13(12)17(21)18-11-10-16-19-14-8-4-5-9-15(14)20-16/h2-9H,10-11H2,1H3,(H,18,21)(H,19,20). The third-order valence-electron chi connectivity index (χ3n) is 3.48. The predicted molar refractivity (Wildman–Crippen MR) is 83.3 cm³/mol. The third-order valence-corrected chi connectivity index (χ3v) is 3.48. The summed E-state index contributed by atoms with van der Waals surface area (Å²) in [7, 11) is 0. The van der Waals surface area contributed by atoms with Gasteiger partial charge >= 0.3 is 0 Å². The zero-order chi connectivity index (χ0) is 14.7. The number of fused-ring (bicyclic) bond motifs is 1. The van der Waals surface area contributed by atoms with Crippen LogP contribution < -0.4 is 5.32 Å². The molecule has 0 bridgehead atoms. The molecule has 4 nitrogen and oxygen atoms in total. The van der Waals surface area contributed by atoms with Crippen molar-refractivity contribution in [3.63, 3.8) is 0 Å². The molecule has 1 aromatic heterocycles. The van der Waals surface area contributed by atoms with Crippen molar-refractivity contribution < 1.29 is 4.79 Å². The molecule has 0 fully saturated rings. The van der Waals surface area contributed by atoms with Crippen LogP contribution in [0.4, 0.5) is 0 Å². The molecule has 21 heavy (non-hydrogen) atoms. The van der Waals surface area contributed by atoms with Crippen LogP contribution >= 0.6 is 0 Å². The number of H-pyrrole nitrogens is 1. The number of aryl methyl sites for hydroxylation is 1. The number of imidazole rings is 1. The first kappa shape index (κ1) is 13.4. The van der Waals surface area contributed by atoms with Gasteiger partial charge in [0.25, 0.3) is 5.91 Å². The Morgan fingerprint density at radius 3 is 2.71 bits per heavy atom. The second-order valence-corrected chi connectivity index (χ2v) is 5.02. The Morgan fingerprint density at radius 2 is 1.90 bits per heavy atom. The highest BCUT2D eigenvalue weighted by molar-refractivity contribution is 5.95. The lowest BCUT2D eigenvalue weighted by Gasteiger charge is -2.06. The molecule has 106 valence electrons. The van der Waals surface area contributed by atoms with Crippen LogP contribution in [-0.4, -0.2) is 22.4 Å². The van der Waals surface area contributed by atoms with E-state index in [1.165, 1.54) is 0 Å². The van der Waals surface area contributed by atoms with E-state index in [0.29, 0.717) is 13.0 Å². The van der Waals surface area contributed by atoms with Crippen molar-refractivity contribution in [3.8, 4) is 0 Å². The Balaban J connectivity index is 1.61. The fourth-order valence-corrected chi connectivity index (χ4v) is 2.34. The Labute approximate surface area is 123 Å². The molecule has 0 aliphatic rings. The van der Waals surface area contributed by atoms with Crippen LogP contribution in [0.3, 0.4) is 0 Å². The Morgan fingerprint density at radius 1 is 1.14 bits per heavy atom. The van der Waals surface area contributed by atoms with E-state index < -0.39 is 0 Å². The fourth-order valence-electron chi connectivity index (χ4n) is 2.34. The number of amides is 1. The van der Waals surface area contributed by atoms with Gasteiger partial charge in [-0.15, -0.1) is 0 Å². The summed E-state index contributed by atoms with van der Waals surface area (Å²) in [6.07, 6.45) is 0.687. The van der Waals surface area contributed by atoms with Gasteiger partial charge in [-0.05, 0) is 30.7 Å². The van der Waals surface area contributed by atoms with Gasteiger partial charge in [0, 0.05) is 18.5 Å². The summed E-state index contributed by atoms with van der Waals surface area (Å²) in [4.78, 5) is 19.8. The van der Waals surface area contributed by atoms with Crippen LogP contribution in [0.2, 0.25) is 0 Å². The van der Waals surface area contributed by atoms with Gasteiger partial charge in [0.15, 0.2) is 0 Å². The van der Waals surface area contributed by atoms with Crippen LogP contribution in [0.1, 0.15) is 21.7 Å². The second kappa shape index (κ2) is 5.79. The maximum Gasteiger partial charge on any atom is 0.251 e. The quantitative estimate of drug-likeness (QED) is 0.771. The van der Waals surface area contributed by atoms with E-state index in [1.54, 1.807) is 0 Å². The summed E-state index contributed by atoms with van der Waals surface area (Å²) in [5, 5.41) is 2.93. The van der Waals surface area contributed by atoms with Crippen LogP contribution in [-0.2, 0) is 6.42 Å². The molecule has 0 saturated carbocycles. The van der Waals surface area contributed by atoms with Crippen LogP contribution in [0.15, 0.2) is 48.5 Å². The normalized spacial score (nSPS) is 10.7. The molecule has 0 aliphatic carbocycles. The monoisotopic (exact) mass is 279 g/mol. The van der Waals surface area contributed by atoms with E-state index in [2.05, 4.69) is 15.3 Å². The van der Waals surface area contributed by atoms with E-state index in [1.807, 2.05) is 55.5 Å². The van der Waals surface area contributed by atoms with Gasteiger partial charge in [0.2, 0.25) is 0 Å². The number of para-hydroxylation sites is 2. The number of nitrogens with zero attached hydrogens (tertiary/aromatic N) is 1. The highest BCUT2D eigenvalue weighted by Gasteiger charge is 2.08. The Bertz CT molecular complexity index is 743. The van der Waals surface area contributed by atoms with Crippen LogP contribution in [0.25, 0.3) is 11.0 Å². The molecule has 1 amide bonds. The molecule has 1 heterocycles. The molecule has 0 radical (unpaired) electrons. The van der Waals surface area contributed by atoms with Gasteiger partial charge in [-0.25, -0.2) is 4.98 Å². The summed E-state index contributed by atoms with van der Waals surface area (Å²) in [6.45, 7) is 2.50. The maximum absolute atomic E-state index is 12.1. The summed E-state index contributed by atoms with van der Waals surface area (Å²) < 4.78 is 0. The van der Waals surface area contributed by atoms with Crippen molar-refractivity contribution in [2.45, 2.75) is 13.3 Å². The number of carbonyl (C=O) groups is 1. The number of aromatic amines is 1. The van der Waals surface area contributed by atoms with Gasteiger partial charge in [0.05, 0.1) is 11.0 Å². The molecule has 3 aromatic rings. The van der Waals surface area contributed by atoms with Crippen molar-refractivity contribution >= 4 is 16.9 Å². The van der Waals surface area contributed by atoms with Gasteiger partial charge in [-0.3, -0.25) is 4.79 Å². The largest absolute Gasteiger partial charge is 0.352 e. The maximum atomic E-state index is 12.1. The van der Waals surface area contributed by atoms with Crippen LogP contribution in [0.5, 0.6) is 0 Å². The average molecular weight is 279 g/mol. The van der Waals surface area contributed by atoms with E-state index in [0.717, 1.165) is 28.0 Å². The first-order valence-electron chi connectivity index (χ1n) is 7.01. The molecule has 3 rings (SSSR count). The minimum absolute atomic E-state index is 0.0378. The number of aromatic nitrogens is 2. The van der Waals surface area contributed by atoms with Gasteiger partial charge in [-0.1, -0.05) is 30.3 Å². The summed E-state index contributed by atoms with van der Waals surface area (Å²) >= 11 is 0. The zero-order valence-electron chi connectivity index (χ0n) is 11.9. The highest BCUT2D eigenvalue weighted by Crippen LogP contribution is 2.10. The zero-order valence-corrected chi connectivity index (χ0v) is 11.9. The van der Waals surface area contributed by atoms with Gasteiger partial charge in [-0.2, -0.15) is 0 Å². The number of hydrogen-bond acceptors (Lipinski definition) is 2. The number of benzene rings is 2. The molecule has 2 aromatic carbocycles. The summed E-state index contributed by atoms with van der Waals surface area (Å²) in [6, 6.07) is 15.5.